The van der Waals surface area contributed by atoms with Crippen molar-refractivity contribution >= 4 is 17.5 Å². The normalized spacial score (nSPS) is 12.4. The summed E-state index contributed by atoms with van der Waals surface area (Å²) in [5.41, 5.74) is 3.37. The quantitative estimate of drug-likeness (QED) is 0.792. The van der Waals surface area contributed by atoms with Gasteiger partial charge in [-0.2, -0.15) is 0 Å². The second kappa shape index (κ2) is 9.02. The number of rotatable bonds is 7. The highest BCUT2D eigenvalue weighted by molar-refractivity contribution is 6.30. The van der Waals surface area contributed by atoms with Crippen LogP contribution in [0.1, 0.15) is 36.5 Å². The van der Waals surface area contributed by atoms with Gasteiger partial charge in [0.05, 0.1) is 5.92 Å². The summed E-state index contributed by atoms with van der Waals surface area (Å²) in [6, 6.07) is 15.9. The molecule has 0 radical (unpaired) electrons. The number of benzene rings is 2. The average Bonchev–Trinajstić information content (AvgIpc) is 2.55. The molecule has 0 aliphatic rings. The molecule has 0 aliphatic carbocycles. The summed E-state index contributed by atoms with van der Waals surface area (Å²) in [6.45, 7) is 5.58. The fourth-order valence-corrected chi connectivity index (χ4v) is 3.06. The molecule has 134 valence electrons. The van der Waals surface area contributed by atoms with Crippen LogP contribution in [-0.2, 0) is 17.9 Å². The summed E-state index contributed by atoms with van der Waals surface area (Å²) in [5, 5.41) is 3.76. The van der Waals surface area contributed by atoms with Crippen LogP contribution in [0.3, 0.4) is 0 Å². The molecule has 0 saturated heterocycles. The van der Waals surface area contributed by atoms with Crippen molar-refractivity contribution in [1.29, 1.82) is 0 Å². The van der Waals surface area contributed by atoms with E-state index in [2.05, 4.69) is 62.4 Å². The number of amides is 1. The fraction of sp³-hybridized carbons (Fsp3) is 0.381. The van der Waals surface area contributed by atoms with Gasteiger partial charge in [-0.25, -0.2) is 0 Å². The molecule has 25 heavy (non-hydrogen) atoms. The Hall–Kier alpha value is -1.84. The Morgan fingerprint density at radius 1 is 1.00 bits per heavy atom. The van der Waals surface area contributed by atoms with Crippen LogP contribution in [0.25, 0.3) is 0 Å². The van der Waals surface area contributed by atoms with Crippen molar-refractivity contribution in [2.75, 3.05) is 14.1 Å². The van der Waals surface area contributed by atoms with Crippen LogP contribution in [0.4, 0.5) is 0 Å². The smallest absolute Gasteiger partial charge is 0.228 e. The van der Waals surface area contributed by atoms with Crippen LogP contribution in [0.5, 0.6) is 0 Å². The highest BCUT2D eigenvalue weighted by atomic mass is 35.5. The van der Waals surface area contributed by atoms with E-state index in [9.17, 15) is 4.79 Å². The molecule has 2 aromatic rings. The lowest BCUT2D eigenvalue weighted by atomic mass is 9.87. The molecule has 0 aromatic heterocycles. The van der Waals surface area contributed by atoms with Crippen molar-refractivity contribution < 1.29 is 4.79 Å². The number of hydrogen-bond acceptors (Lipinski definition) is 2. The minimum Gasteiger partial charge on any atom is -0.351 e. The lowest BCUT2D eigenvalue weighted by Crippen LogP contribution is -2.31. The number of hydrogen-bond donors (Lipinski definition) is 1. The van der Waals surface area contributed by atoms with E-state index >= 15 is 0 Å². The van der Waals surface area contributed by atoms with E-state index in [-0.39, 0.29) is 17.7 Å². The lowest BCUT2D eigenvalue weighted by molar-refractivity contribution is -0.123. The second-order valence-electron chi connectivity index (χ2n) is 7.05. The van der Waals surface area contributed by atoms with Gasteiger partial charge >= 0.3 is 0 Å². The zero-order valence-electron chi connectivity index (χ0n) is 15.4. The summed E-state index contributed by atoms with van der Waals surface area (Å²) in [4.78, 5) is 14.8. The van der Waals surface area contributed by atoms with Gasteiger partial charge in [-0.1, -0.05) is 61.8 Å². The molecule has 1 atom stereocenters. The number of halogens is 1. The summed E-state index contributed by atoms with van der Waals surface area (Å²) >= 11 is 5.96. The van der Waals surface area contributed by atoms with E-state index in [0.29, 0.717) is 11.6 Å². The average molecular weight is 359 g/mol. The molecule has 0 saturated carbocycles. The zero-order chi connectivity index (χ0) is 18.4. The van der Waals surface area contributed by atoms with Crippen molar-refractivity contribution in [2.45, 2.75) is 32.9 Å². The predicted octanol–water partition coefficient (Wildman–Crippen LogP) is 4.46. The largest absolute Gasteiger partial charge is 0.351 e. The molecule has 0 bridgehead atoms. The Labute approximate surface area is 156 Å². The van der Waals surface area contributed by atoms with E-state index in [0.717, 1.165) is 17.7 Å². The van der Waals surface area contributed by atoms with Gasteiger partial charge < -0.3 is 10.2 Å². The van der Waals surface area contributed by atoms with Crippen LogP contribution in [0.2, 0.25) is 5.02 Å². The molecular weight excluding hydrogens is 332 g/mol. The maximum absolute atomic E-state index is 12.7. The van der Waals surface area contributed by atoms with Gasteiger partial charge in [-0.05, 0) is 48.8 Å². The first kappa shape index (κ1) is 19.5. The SMILES string of the molecule is CC(C)[C@H](C(=O)NCc1ccc(CN(C)C)cc1)c1ccc(Cl)cc1. The number of nitrogens with one attached hydrogen (secondary N) is 1. The van der Waals surface area contributed by atoms with Gasteiger partial charge in [0.25, 0.3) is 0 Å². The Bertz CT molecular complexity index is 678. The van der Waals surface area contributed by atoms with E-state index < -0.39 is 0 Å². The Balaban J connectivity index is 2.00. The van der Waals surface area contributed by atoms with Crippen molar-refractivity contribution in [2.24, 2.45) is 5.92 Å². The topological polar surface area (TPSA) is 32.3 Å². The first-order valence-electron chi connectivity index (χ1n) is 8.62. The van der Waals surface area contributed by atoms with Gasteiger partial charge in [0.2, 0.25) is 5.91 Å². The summed E-state index contributed by atoms with van der Waals surface area (Å²) in [5.74, 6) is 0.0867. The van der Waals surface area contributed by atoms with E-state index in [4.69, 9.17) is 11.6 Å². The van der Waals surface area contributed by atoms with E-state index in [1.54, 1.807) is 0 Å². The highest BCUT2D eigenvalue weighted by Gasteiger charge is 2.23. The molecule has 0 heterocycles. The summed E-state index contributed by atoms with van der Waals surface area (Å²) in [7, 11) is 4.11. The minimum absolute atomic E-state index is 0.0506. The number of nitrogens with zero attached hydrogens (tertiary/aromatic N) is 1. The van der Waals surface area contributed by atoms with Gasteiger partial charge in [0.1, 0.15) is 0 Å². The summed E-state index contributed by atoms with van der Waals surface area (Å²) in [6.07, 6.45) is 0. The maximum Gasteiger partial charge on any atom is 0.228 e. The lowest BCUT2D eigenvalue weighted by Gasteiger charge is -2.21. The third-order valence-corrected chi connectivity index (χ3v) is 4.42. The Kier molecular flexibility index (Phi) is 7.03. The monoisotopic (exact) mass is 358 g/mol. The van der Waals surface area contributed by atoms with E-state index in [1.165, 1.54) is 5.56 Å². The van der Waals surface area contributed by atoms with Crippen molar-refractivity contribution in [3.05, 3.63) is 70.2 Å². The molecule has 1 N–H and O–H groups in total. The van der Waals surface area contributed by atoms with Crippen LogP contribution in [0.15, 0.2) is 48.5 Å². The van der Waals surface area contributed by atoms with Crippen LogP contribution < -0.4 is 5.32 Å². The van der Waals surface area contributed by atoms with Gasteiger partial charge in [0, 0.05) is 18.1 Å². The van der Waals surface area contributed by atoms with Crippen LogP contribution >= 0.6 is 11.6 Å². The third kappa shape index (κ3) is 5.87. The third-order valence-electron chi connectivity index (χ3n) is 4.17. The minimum atomic E-state index is -0.176. The molecule has 0 unspecified atom stereocenters. The van der Waals surface area contributed by atoms with Crippen molar-refractivity contribution in [3.63, 3.8) is 0 Å². The molecule has 0 fully saturated rings. The molecule has 0 aliphatic heterocycles. The molecule has 3 nitrogen and oxygen atoms in total. The number of carbonyl (C=O) groups excluding carboxylic acids is 1. The van der Waals surface area contributed by atoms with Gasteiger partial charge in [-0.3, -0.25) is 4.79 Å². The number of carbonyl (C=O) groups is 1. The van der Waals surface area contributed by atoms with Crippen molar-refractivity contribution in [1.82, 2.24) is 10.2 Å². The Morgan fingerprint density at radius 2 is 1.56 bits per heavy atom. The van der Waals surface area contributed by atoms with Crippen LogP contribution in [0, 0.1) is 5.92 Å². The van der Waals surface area contributed by atoms with E-state index in [1.807, 2.05) is 24.3 Å². The van der Waals surface area contributed by atoms with Gasteiger partial charge in [0.15, 0.2) is 0 Å². The van der Waals surface area contributed by atoms with Crippen molar-refractivity contribution in [3.8, 4) is 0 Å². The predicted molar refractivity (Wildman–Crippen MR) is 105 cm³/mol. The molecule has 0 spiro atoms. The fourth-order valence-electron chi connectivity index (χ4n) is 2.94. The highest BCUT2D eigenvalue weighted by Crippen LogP contribution is 2.26. The standard InChI is InChI=1S/C21H27ClN2O/c1-15(2)20(18-9-11-19(22)12-10-18)21(25)23-13-16-5-7-17(8-6-16)14-24(3)4/h5-12,15,20H,13-14H2,1-4H3,(H,23,25)/t20-/m0/s1. The second-order valence-corrected chi connectivity index (χ2v) is 7.48. The maximum atomic E-state index is 12.7. The summed E-state index contributed by atoms with van der Waals surface area (Å²) < 4.78 is 0. The molecule has 4 heteroatoms. The zero-order valence-corrected chi connectivity index (χ0v) is 16.2. The Morgan fingerprint density at radius 3 is 2.08 bits per heavy atom. The first-order chi connectivity index (χ1) is 11.9. The molecular formula is C21H27ClN2O. The molecule has 2 aromatic carbocycles. The first-order valence-corrected chi connectivity index (χ1v) is 9.00. The van der Waals surface area contributed by atoms with Crippen LogP contribution in [-0.4, -0.2) is 24.9 Å². The molecule has 1 amide bonds. The molecule has 2 rings (SSSR count). The van der Waals surface area contributed by atoms with Gasteiger partial charge in [-0.15, -0.1) is 0 Å².